The highest BCUT2D eigenvalue weighted by atomic mass is 32.1. The van der Waals surface area contributed by atoms with E-state index in [0.717, 1.165) is 23.4 Å². The van der Waals surface area contributed by atoms with Gasteiger partial charge in [-0.2, -0.15) is 0 Å². The van der Waals surface area contributed by atoms with Crippen molar-refractivity contribution in [3.8, 4) is 0 Å². The minimum atomic E-state index is 0.432. The van der Waals surface area contributed by atoms with E-state index >= 15 is 0 Å². The Kier molecular flexibility index (Phi) is 4.76. The molecular weight excluding hydrogens is 276 g/mol. The first-order valence-electron chi connectivity index (χ1n) is 6.86. The lowest BCUT2D eigenvalue weighted by Gasteiger charge is -2.13. The van der Waals surface area contributed by atoms with Crippen LogP contribution in [0.5, 0.6) is 0 Å². The first kappa shape index (κ1) is 15.3. The van der Waals surface area contributed by atoms with E-state index in [9.17, 15) is 0 Å². The van der Waals surface area contributed by atoms with E-state index in [4.69, 9.17) is 18.0 Å². The lowest BCUT2D eigenvalue weighted by Crippen LogP contribution is -2.13. The van der Waals surface area contributed by atoms with E-state index < -0.39 is 0 Å². The lowest BCUT2D eigenvalue weighted by atomic mass is 10.0. The molecule has 0 bridgehead atoms. The summed E-state index contributed by atoms with van der Waals surface area (Å²) < 4.78 is 0. The van der Waals surface area contributed by atoms with Gasteiger partial charge in [0.2, 0.25) is 0 Å². The normalized spacial score (nSPS) is 10.2. The van der Waals surface area contributed by atoms with Gasteiger partial charge < -0.3 is 11.1 Å². The number of rotatable bonds is 5. The van der Waals surface area contributed by atoms with E-state index in [0.29, 0.717) is 4.99 Å². The van der Waals surface area contributed by atoms with Crippen LogP contribution in [0.1, 0.15) is 27.8 Å². The summed E-state index contributed by atoms with van der Waals surface area (Å²) in [6, 6.07) is 14.3. The first-order valence-corrected chi connectivity index (χ1v) is 7.27. The standard InChI is InChI=1S/C18H20N2S/c1-12-5-4-6-15(9-12)14(3)20-11-17-8-7-16(18(19)21)10-13(17)2/h4-10,20H,3,11H2,1-2H3,(H2,19,21). The second-order valence-corrected chi connectivity index (χ2v) is 5.65. The van der Waals surface area contributed by atoms with Crippen molar-refractivity contribution in [2.45, 2.75) is 20.4 Å². The van der Waals surface area contributed by atoms with Gasteiger partial charge in [0.05, 0.1) is 0 Å². The van der Waals surface area contributed by atoms with E-state index in [1.165, 1.54) is 16.7 Å². The monoisotopic (exact) mass is 296 g/mol. The Morgan fingerprint density at radius 2 is 1.90 bits per heavy atom. The van der Waals surface area contributed by atoms with E-state index in [1.54, 1.807) is 0 Å². The average Bonchev–Trinajstić information content (AvgIpc) is 2.45. The summed E-state index contributed by atoms with van der Waals surface area (Å²) in [4.78, 5) is 0.432. The van der Waals surface area contributed by atoms with Crippen molar-refractivity contribution in [3.05, 3.63) is 76.9 Å². The minimum Gasteiger partial charge on any atom is -0.389 e. The Labute approximate surface area is 131 Å². The third kappa shape index (κ3) is 3.92. The van der Waals surface area contributed by atoms with Gasteiger partial charge in [-0.15, -0.1) is 0 Å². The van der Waals surface area contributed by atoms with Crippen molar-refractivity contribution >= 4 is 22.9 Å². The Hall–Kier alpha value is -2.13. The molecule has 0 aliphatic rings. The molecule has 3 heteroatoms. The molecule has 2 rings (SSSR count). The van der Waals surface area contributed by atoms with E-state index in [2.05, 4.69) is 50.0 Å². The molecule has 0 radical (unpaired) electrons. The van der Waals surface area contributed by atoms with Crippen molar-refractivity contribution in [2.24, 2.45) is 5.73 Å². The van der Waals surface area contributed by atoms with Crippen LogP contribution in [0.2, 0.25) is 0 Å². The number of aryl methyl sites for hydroxylation is 2. The highest BCUT2D eigenvalue weighted by Gasteiger charge is 2.04. The Balaban J connectivity index is 2.06. The SMILES string of the molecule is C=C(NCc1ccc(C(N)=S)cc1C)c1cccc(C)c1. The van der Waals surface area contributed by atoms with Crippen LogP contribution < -0.4 is 11.1 Å². The molecule has 2 aromatic rings. The number of thiocarbonyl (C=S) groups is 1. The molecule has 108 valence electrons. The van der Waals surface area contributed by atoms with Crippen LogP contribution in [-0.2, 0) is 6.54 Å². The maximum absolute atomic E-state index is 5.65. The van der Waals surface area contributed by atoms with E-state index in [-0.39, 0.29) is 0 Å². The van der Waals surface area contributed by atoms with Gasteiger partial charge in [-0.1, -0.05) is 54.7 Å². The van der Waals surface area contributed by atoms with Gasteiger partial charge in [-0.3, -0.25) is 0 Å². The van der Waals surface area contributed by atoms with Gasteiger partial charge in [-0.05, 0) is 42.7 Å². The molecule has 2 nitrogen and oxygen atoms in total. The topological polar surface area (TPSA) is 38.0 Å². The summed E-state index contributed by atoms with van der Waals surface area (Å²) >= 11 is 5.00. The average molecular weight is 296 g/mol. The predicted molar refractivity (Wildman–Crippen MR) is 94.1 cm³/mol. The summed E-state index contributed by atoms with van der Waals surface area (Å²) in [5.74, 6) is 0. The zero-order valence-corrected chi connectivity index (χ0v) is 13.3. The highest BCUT2D eigenvalue weighted by Crippen LogP contribution is 2.15. The van der Waals surface area contributed by atoms with Crippen LogP contribution >= 0.6 is 12.2 Å². The molecule has 3 N–H and O–H groups in total. The second-order valence-electron chi connectivity index (χ2n) is 5.21. The third-order valence-electron chi connectivity index (χ3n) is 3.49. The maximum atomic E-state index is 5.65. The molecular formula is C18H20N2S. The third-order valence-corrected chi connectivity index (χ3v) is 3.72. The Morgan fingerprint density at radius 3 is 2.52 bits per heavy atom. The van der Waals surface area contributed by atoms with Gasteiger partial charge in [0.25, 0.3) is 0 Å². The Morgan fingerprint density at radius 1 is 1.14 bits per heavy atom. The molecule has 0 fully saturated rings. The molecule has 0 unspecified atom stereocenters. The number of hydrogen-bond donors (Lipinski definition) is 2. The predicted octanol–water partition coefficient (Wildman–Crippen LogP) is 3.70. The molecule has 2 aromatic carbocycles. The Bertz CT molecular complexity index is 689. The summed E-state index contributed by atoms with van der Waals surface area (Å²) in [7, 11) is 0. The van der Waals surface area contributed by atoms with Crippen LogP contribution in [0, 0.1) is 13.8 Å². The summed E-state index contributed by atoms with van der Waals surface area (Å²) in [6.07, 6.45) is 0. The first-order chi connectivity index (χ1) is 9.97. The molecule has 0 spiro atoms. The molecule has 0 saturated heterocycles. The van der Waals surface area contributed by atoms with Crippen LogP contribution in [0.4, 0.5) is 0 Å². The smallest absolute Gasteiger partial charge is 0.103 e. The van der Waals surface area contributed by atoms with Gasteiger partial charge in [0.1, 0.15) is 4.99 Å². The zero-order chi connectivity index (χ0) is 15.4. The molecule has 0 aliphatic heterocycles. The molecule has 0 aromatic heterocycles. The fourth-order valence-corrected chi connectivity index (χ4v) is 2.31. The van der Waals surface area contributed by atoms with Crippen molar-refractivity contribution in [3.63, 3.8) is 0 Å². The molecule has 0 saturated carbocycles. The molecule has 0 amide bonds. The van der Waals surface area contributed by atoms with Crippen molar-refractivity contribution in [2.75, 3.05) is 0 Å². The van der Waals surface area contributed by atoms with Crippen LogP contribution in [0.3, 0.4) is 0 Å². The van der Waals surface area contributed by atoms with Crippen LogP contribution in [-0.4, -0.2) is 4.99 Å². The number of hydrogen-bond acceptors (Lipinski definition) is 2. The number of nitrogens with one attached hydrogen (secondary N) is 1. The number of benzene rings is 2. The van der Waals surface area contributed by atoms with Gasteiger partial charge >= 0.3 is 0 Å². The fourth-order valence-electron chi connectivity index (χ4n) is 2.18. The molecule has 21 heavy (non-hydrogen) atoms. The largest absolute Gasteiger partial charge is 0.389 e. The highest BCUT2D eigenvalue weighted by molar-refractivity contribution is 7.80. The van der Waals surface area contributed by atoms with Gasteiger partial charge in [0.15, 0.2) is 0 Å². The van der Waals surface area contributed by atoms with Crippen molar-refractivity contribution < 1.29 is 0 Å². The molecule has 0 heterocycles. The zero-order valence-electron chi connectivity index (χ0n) is 12.4. The van der Waals surface area contributed by atoms with Crippen LogP contribution in [0.15, 0.2) is 49.0 Å². The number of nitrogens with two attached hydrogens (primary N) is 1. The molecule has 0 atom stereocenters. The van der Waals surface area contributed by atoms with Gasteiger partial charge in [-0.25, -0.2) is 0 Å². The maximum Gasteiger partial charge on any atom is 0.103 e. The van der Waals surface area contributed by atoms with Crippen molar-refractivity contribution in [1.82, 2.24) is 5.32 Å². The summed E-state index contributed by atoms with van der Waals surface area (Å²) in [6.45, 7) is 8.98. The molecule has 0 aliphatic carbocycles. The fraction of sp³-hybridized carbons (Fsp3) is 0.167. The minimum absolute atomic E-state index is 0.432. The van der Waals surface area contributed by atoms with E-state index in [1.807, 2.05) is 18.2 Å². The lowest BCUT2D eigenvalue weighted by molar-refractivity contribution is 0.883. The summed E-state index contributed by atoms with van der Waals surface area (Å²) in [5, 5.41) is 3.37. The second kappa shape index (κ2) is 6.55. The van der Waals surface area contributed by atoms with Gasteiger partial charge in [0, 0.05) is 17.8 Å². The summed E-state index contributed by atoms with van der Waals surface area (Å²) in [5.41, 5.74) is 12.2. The van der Waals surface area contributed by atoms with Crippen LogP contribution in [0.25, 0.3) is 5.70 Å². The quantitative estimate of drug-likeness (QED) is 0.826. The van der Waals surface area contributed by atoms with Crippen molar-refractivity contribution in [1.29, 1.82) is 0 Å².